The SMILES string of the molecule is Cc1c(C#N)c(O)n(Cc2cccnc2)c(=O)c1N=Nc1ccccc1C(F)(F)F. The van der Waals surface area contributed by atoms with Crippen molar-refractivity contribution in [3.05, 3.63) is 81.4 Å². The molecule has 0 unspecified atom stereocenters. The summed E-state index contributed by atoms with van der Waals surface area (Å²) in [7, 11) is 0. The van der Waals surface area contributed by atoms with Crippen LogP contribution in [-0.2, 0) is 12.7 Å². The zero-order chi connectivity index (χ0) is 21.9. The lowest BCUT2D eigenvalue weighted by Gasteiger charge is -2.13. The molecule has 0 amide bonds. The highest BCUT2D eigenvalue weighted by molar-refractivity contribution is 5.57. The van der Waals surface area contributed by atoms with Gasteiger partial charge in [-0.05, 0) is 30.7 Å². The first kappa shape index (κ1) is 20.7. The molecule has 2 heterocycles. The molecule has 0 saturated carbocycles. The number of halogens is 3. The fourth-order valence-electron chi connectivity index (χ4n) is 2.78. The molecule has 1 aromatic carbocycles. The van der Waals surface area contributed by atoms with Gasteiger partial charge in [-0.25, -0.2) is 0 Å². The lowest BCUT2D eigenvalue weighted by atomic mass is 10.1. The first-order valence-corrected chi connectivity index (χ1v) is 8.57. The number of alkyl halides is 3. The molecule has 152 valence electrons. The van der Waals surface area contributed by atoms with Gasteiger partial charge in [-0.15, -0.1) is 10.2 Å². The molecule has 0 atom stereocenters. The maximum absolute atomic E-state index is 13.2. The Morgan fingerprint density at radius 1 is 1.20 bits per heavy atom. The summed E-state index contributed by atoms with van der Waals surface area (Å²) in [6, 6.07) is 9.60. The number of nitrogens with zero attached hydrogens (tertiary/aromatic N) is 5. The van der Waals surface area contributed by atoms with Crippen molar-refractivity contribution < 1.29 is 18.3 Å². The summed E-state index contributed by atoms with van der Waals surface area (Å²) in [6.45, 7) is 1.24. The van der Waals surface area contributed by atoms with Gasteiger partial charge in [0.15, 0.2) is 5.69 Å². The van der Waals surface area contributed by atoms with Crippen LogP contribution in [-0.4, -0.2) is 14.7 Å². The minimum atomic E-state index is -4.65. The molecule has 2 aromatic heterocycles. The van der Waals surface area contributed by atoms with Crippen LogP contribution in [0.2, 0.25) is 0 Å². The predicted octanol–water partition coefficient (Wildman–Crippen LogP) is 4.61. The molecule has 0 fully saturated rings. The van der Waals surface area contributed by atoms with Gasteiger partial charge in [0, 0.05) is 18.0 Å². The summed E-state index contributed by atoms with van der Waals surface area (Å²) in [5.74, 6) is -0.571. The Bertz CT molecular complexity index is 1210. The summed E-state index contributed by atoms with van der Waals surface area (Å²) in [6.07, 6.45) is -1.66. The highest BCUT2D eigenvalue weighted by Crippen LogP contribution is 2.37. The first-order valence-electron chi connectivity index (χ1n) is 8.57. The minimum Gasteiger partial charge on any atom is -0.493 e. The number of aromatic hydroxyl groups is 1. The second-order valence-corrected chi connectivity index (χ2v) is 6.25. The molecule has 0 aliphatic rings. The monoisotopic (exact) mass is 413 g/mol. The average molecular weight is 413 g/mol. The van der Waals surface area contributed by atoms with Crippen LogP contribution in [0.25, 0.3) is 0 Å². The molecule has 1 N–H and O–H groups in total. The van der Waals surface area contributed by atoms with Crippen LogP contribution >= 0.6 is 0 Å². The fourth-order valence-corrected chi connectivity index (χ4v) is 2.78. The lowest BCUT2D eigenvalue weighted by Crippen LogP contribution is -2.22. The second-order valence-electron chi connectivity index (χ2n) is 6.25. The van der Waals surface area contributed by atoms with Crippen LogP contribution in [0.15, 0.2) is 63.8 Å². The summed E-state index contributed by atoms with van der Waals surface area (Å²) in [5, 5.41) is 27.1. The maximum atomic E-state index is 13.2. The van der Waals surface area contributed by atoms with Gasteiger partial charge in [-0.2, -0.15) is 18.4 Å². The van der Waals surface area contributed by atoms with Crippen molar-refractivity contribution >= 4 is 11.4 Å². The molecule has 10 heteroatoms. The van der Waals surface area contributed by atoms with Crippen LogP contribution in [0.4, 0.5) is 24.5 Å². The number of aromatic nitrogens is 2. The van der Waals surface area contributed by atoms with Crippen LogP contribution in [0.5, 0.6) is 5.88 Å². The largest absolute Gasteiger partial charge is 0.493 e. The van der Waals surface area contributed by atoms with E-state index < -0.39 is 28.9 Å². The number of hydrogen-bond donors (Lipinski definition) is 1. The van der Waals surface area contributed by atoms with E-state index in [1.54, 1.807) is 18.2 Å². The number of nitriles is 1. The van der Waals surface area contributed by atoms with E-state index in [2.05, 4.69) is 15.2 Å². The van der Waals surface area contributed by atoms with Crippen molar-refractivity contribution in [1.82, 2.24) is 9.55 Å². The average Bonchev–Trinajstić information content (AvgIpc) is 2.72. The number of pyridine rings is 2. The highest BCUT2D eigenvalue weighted by atomic mass is 19.4. The number of hydrogen-bond acceptors (Lipinski definition) is 6. The normalized spacial score (nSPS) is 11.6. The van der Waals surface area contributed by atoms with Crippen LogP contribution in [0.3, 0.4) is 0 Å². The molecule has 0 aliphatic heterocycles. The fraction of sp³-hybridized carbons (Fsp3) is 0.150. The van der Waals surface area contributed by atoms with Crippen LogP contribution in [0, 0.1) is 18.3 Å². The molecule has 7 nitrogen and oxygen atoms in total. The first-order chi connectivity index (χ1) is 14.2. The second kappa shape index (κ2) is 8.16. The van der Waals surface area contributed by atoms with Crippen molar-refractivity contribution in [3.8, 4) is 11.9 Å². The maximum Gasteiger partial charge on any atom is 0.418 e. The Kier molecular flexibility index (Phi) is 5.64. The predicted molar refractivity (Wildman–Crippen MR) is 101 cm³/mol. The van der Waals surface area contributed by atoms with E-state index in [0.29, 0.717) is 5.56 Å². The van der Waals surface area contributed by atoms with E-state index >= 15 is 0 Å². The van der Waals surface area contributed by atoms with Crippen molar-refractivity contribution in [3.63, 3.8) is 0 Å². The third-order valence-corrected chi connectivity index (χ3v) is 4.30. The zero-order valence-electron chi connectivity index (χ0n) is 15.6. The molecular formula is C20H14F3N5O2. The van der Waals surface area contributed by atoms with Crippen molar-refractivity contribution in [1.29, 1.82) is 5.26 Å². The molecule has 0 spiro atoms. The topological polar surface area (TPSA) is 104 Å². The molecule has 30 heavy (non-hydrogen) atoms. The van der Waals surface area contributed by atoms with E-state index in [9.17, 15) is 28.3 Å². The number of rotatable bonds is 4. The quantitative estimate of drug-likeness (QED) is 0.631. The summed E-state index contributed by atoms with van der Waals surface area (Å²) in [4.78, 5) is 16.8. The Balaban J connectivity index is 2.15. The third-order valence-electron chi connectivity index (χ3n) is 4.30. The van der Waals surface area contributed by atoms with Crippen molar-refractivity contribution in [2.24, 2.45) is 10.2 Å². The van der Waals surface area contributed by atoms with E-state index in [1.165, 1.54) is 31.5 Å². The van der Waals surface area contributed by atoms with Gasteiger partial charge in [0.05, 0.1) is 17.8 Å². The lowest BCUT2D eigenvalue weighted by molar-refractivity contribution is -0.137. The van der Waals surface area contributed by atoms with Gasteiger partial charge < -0.3 is 5.11 Å². The van der Waals surface area contributed by atoms with Gasteiger partial charge in [0.1, 0.15) is 11.6 Å². The molecule has 3 rings (SSSR count). The van der Waals surface area contributed by atoms with Crippen LogP contribution < -0.4 is 5.56 Å². The van der Waals surface area contributed by atoms with Crippen molar-refractivity contribution in [2.45, 2.75) is 19.6 Å². The molecule has 0 aliphatic carbocycles. The van der Waals surface area contributed by atoms with E-state index in [0.717, 1.165) is 16.7 Å². The number of azo groups is 1. The minimum absolute atomic E-state index is 0.00989. The molecule has 0 radical (unpaired) electrons. The third kappa shape index (κ3) is 4.05. The van der Waals surface area contributed by atoms with Gasteiger partial charge >= 0.3 is 6.18 Å². The van der Waals surface area contributed by atoms with Crippen LogP contribution in [0.1, 0.15) is 22.3 Å². The highest BCUT2D eigenvalue weighted by Gasteiger charge is 2.33. The van der Waals surface area contributed by atoms with E-state index in [-0.39, 0.29) is 23.4 Å². The number of benzene rings is 1. The Morgan fingerprint density at radius 2 is 1.93 bits per heavy atom. The van der Waals surface area contributed by atoms with E-state index in [4.69, 9.17) is 0 Å². The van der Waals surface area contributed by atoms with Gasteiger partial charge in [0.2, 0.25) is 5.88 Å². The zero-order valence-corrected chi connectivity index (χ0v) is 15.6. The summed E-state index contributed by atoms with van der Waals surface area (Å²) in [5.41, 5.74) is -2.29. The van der Waals surface area contributed by atoms with Gasteiger partial charge in [-0.3, -0.25) is 14.3 Å². The molecule has 0 saturated heterocycles. The Morgan fingerprint density at radius 3 is 2.57 bits per heavy atom. The summed E-state index contributed by atoms with van der Waals surface area (Å²) < 4.78 is 40.4. The Hall–Kier alpha value is -4.00. The molecular weight excluding hydrogens is 399 g/mol. The Labute approximate surface area is 168 Å². The van der Waals surface area contributed by atoms with Gasteiger partial charge in [0.25, 0.3) is 5.56 Å². The van der Waals surface area contributed by atoms with Gasteiger partial charge in [-0.1, -0.05) is 18.2 Å². The van der Waals surface area contributed by atoms with E-state index in [1.807, 2.05) is 0 Å². The molecule has 0 bridgehead atoms. The van der Waals surface area contributed by atoms with Crippen molar-refractivity contribution in [2.75, 3.05) is 0 Å². The molecule has 3 aromatic rings. The summed E-state index contributed by atoms with van der Waals surface area (Å²) >= 11 is 0. The standard InChI is InChI=1S/C20H14F3N5O2/c1-12-14(9-24)18(29)28(11-13-5-4-8-25-10-13)19(30)17(12)27-26-16-7-3-2-6-15(16)20(21,22)23/h2-8,10,29H,11H2,1H3. The smallest absolute Gasteiger partial charge is 0.418 e.